The highest BCUT2D eigenvalue weighted by Crippen LogP contribution is 2.82. The lowest BCUT2D eigenvalue weighted by Gasteiger charge is -2.65. The van der Waals surface area contributed by atoms with E-state index in [0.717, 1.165) is 22.3 Å². The topological polar surface area (TPSA) is 66.0 Å². The lowest BCUT2D eigenvalue weighted by molar-refractivity contribution is -0.138. The van der Waals surface area contributed by atoms with Gasteiger partial charge >= 0.3 is 11.4 Å². The normalized spacial score (nSPS) is 35.3. The molecule has 6 heteroatoms. The van der Waals surface area contributed by atoms with Crippen LogP contribution in [0.2, 0.25) is 0 Å². The molecule has 6 aliphatic rings. The molecule has 202 valence electrons. The predicted octanol–water partition coefficient (Wildman–Crippen LogP) is 5.16. The molecular weight excluding hydrogens is 510 g/mol. The quantitative estimate of drug-likeness (QED) is 0.338. The largest absolute Gasteiger partial charge is 0.352 e. The summed E-state index contributed by atoms with van der Waals surface area (Å²) in [5.74, 6) is 0.656. The van der Waals surface area contributed by atoms with Gasteiger partial charge in [0, 0.05) is 0 Å². The fourth-order valence-corrected chi connectivity index (χ4v) is 9.99. The third kappa shape index (κ3) is 2.42. The monoisotopic (exact) mass is 539 g/mol. The molecule has 2 aliphatic heterocycles. The first-order chi connectivity index (χ1) is 19.9. The van der Waals surface area contributed by atoms with Gasteiger partial charge in [0.1, 0.15) is 0 Å². The van der Waals surface area contributed by atoms with Crippen molar-refractivity contribution in [2.45, 2.75) is 25.9 Å². The van der Waals surface area contributed by atoms with E-state index in [0.29, 0.717) is 5.69 Å². The summed E-state index contributed by atoms with van der Waals surface area (Å²) in [5, 5.41) is 0. The van der Waals surface area contributed by atoms with Gasteiger partial charge in [-0.1, -0.05) is 91.0 Å². The zero-order chi connectivity index (χ0) is 27.8. The van der Waals surface area contributed by atoms with Crippen LogP contribution >= 0.6 is 0 Å². The van der Waals surface area contributed by atoms with Crippen LogP contribution in [0.25, 0.3) is 16.8 Å². The van der Waals surface area contributed by atoms with Crippen LogP contribution in [0.4, 0.5) is 0 Å². The molecule has 1 aromatic heterocycles. The molecule has 2 fully saturated rings. The number of carbonyl (C=O) groups is 1. The van der Waals surface area contributed by atoms with E-state index in [1.54, 1.807) is 21.5 Å². The Morgan fingerprint density at radius 1 is 0.561 bits per heavy atom. The zero-order valence-corrected chi connectivity index (χ0v) is 22.8. The van der Waals surface area contributed by atoms with Crippen molar-refractivity contribution in [3.8, 4) is 5.69 Å². The van der Waals surface area contributed by atoms with Gasteiger partial charge in [-0.05, 0) is 71.9 Å². The van der Waals surface area contributed by atoms with Crippen LogP contribution in [0.1, 0.15) is 37.1 Å². The fourth-order valence-electron chi connectivity index (χ4n) is 9.99. The maximum absolute atomic E-state index is 14.8. The van der Waals surface area contributed by atoms with Crippen molar-refractivity contribution in [2.24, 2.45) is 34.5 Å². The highest BCUT2D eigenvalue weighted by atomic mass is 16.2. The first-order valence-electron chi connectivity index (χ1n) is 14.5. The molecule has 10 rings (SSSR count). The van der Waals surface area contributed by atoms with Gasteiger partial charge in [0.2, 0.25) is 0 Å². The second kappa shape index (κ2) is 7.43. The van der Waals surface area contributed by atoms with E-state index in [1.807, 2.05) is 54.6 Å². The first-order valence-corrected chi connectivity index (χ1v) is 14.5. The molecule has 0 radical (unpaired) electrons. The summed E-state index contributed by atoms with van der Waals surface area (Å²) in [7, 11) is 0. The van der Waals surface area contributed by atoms with E-state index >= 15 is 0 Å². The van der Waals surface area contributed by atoms with Crippen LogP contribution in [0.15, 0.2) is 113 Å². The van der Waals surface area contributed by atoms with Crippen LogP contribution in [-0.2, 0) is 4.79 Å². The highest BCUT2D eigenvalue weighted by Gasteiger charge is 2.82. The number of aromatic nitrogens is 3. The Morgan fingerprint density at radius 3 is 1.37 bits per heavy atom. The Balaban J connectivity index is 1.28. The second-order valence-electron chi connectivity index (χ2n) is 12.7. The maximum Gasteiger partial charge on any atom is 0.352 e. The molecule has 8 atom stereocenters. The summed E-state index contributed by atoms with van der Waals surface area (Å²) >= 11 is 0. The molecule has 0 saturated heterocycles. The third-order valence-corrected chi connectivity index (χ3v) is 11.2. The van der Waals surface area contributed by atoms with Crippen LogP contribution in [0.3, 0.4) is 0 Å². The molecule has 0 spiro atoms. The smallest absolute Gasteiger partial charge is 0.298 e. The Morgan fingerprint density at radius 2 is 0.951 bits per heavy atom. The van der Waals surface area contributed by atoms with Gasteiger partial charge in [0.05, 0.1) is 28.6 Å². The van der Waals surface area contributed by atoms with Gasteiger partial charge in [-0.15, -0.1) is 0 Å². The molecule has 3 aromatic carbocycles. The number of fused-ring (bicyclic) bond motifs is 5. The van der Waals surface area contributed by atoms with E-state index in [9.17, 15) is 14.4 Å². The van der Waals surface area contributed by atoms with Crippen molar-refractivity contribution in [2.75, 3.05) is 0 Å². The van der Waals surface area contributed by atoms with Crippen LogP contribution in [0, 0.1) is 34.5 Å². The summed E-state index contributed by atoms with van der Waals surface area (Å²) in [4.78, 5) is 42.6. The first kappa shape index (κ1) is 23.3. The fraction of sp³-hybridized carbons (Fsp3) is 0.286. The lowest BCUT2D eigenvalue weighted by atomic mass is 9.40. The number of nitrogens with zero attached hydrogens (tertiary/aromatic N) is 3. The molecule has 4 bridgehead atoms. The van der Waals surface area contributed by atoms with E-state index in [1.165, 1.54) is 4.57 Å². The van der Waals surface area contributed by atoms with Crippen molar-refractivity contribution >= 4 is 16.9 Å². The van der Waals surface area contributed by atoms with Gasteiger partial charge in [0.15, 0.2) is 5.78 Å². The Hall–Kier alpha value is -4.45. The van der Waals surface area contributed by atoms with Crippen molar-refractivity contribution in [3.63, 3.8) is 0 Å². The highest BCUT2D eigenvalue weighted by molar-refractivity contribution is 6.23. The van der Waals surface area contributed by atoms with Gasteiger partial charge in [-0.25, -0.2) is 23.5 Å². The number of hydrogen-bond acceptors (Lipinski definition) is 3. The molecule has 6 nitrogen and oxygen atoms in total. The maximum atomic E-state index is 14.8. The average Bonchev–Trinajstić information content (AvgIpc) is 3.42. The molecule has 8 unspecified atom stereocenters. The Kier molecular flexibility index (Phi) is 4.22. The summed E-state index contributed by atoms with van der Waals surface area (Å²) in [6, 6.07) is 29.4. The summed E-state index contributed by atoms with van der Waals surface area (Å²) in [5.41, 5.74) is 3.04. The zero-order valence-electron chi connectivity index (χ0n) is 22.8. The second-order valence-corrected chi connectivity index (χ2v) is 12.7. The molecule has 0 amide bonds. The van der Waals surface area contributed by atoms with Crippen molar-refractivity contribution in [1.29, 1.82) is 0 Å². The van der Waals surface area contributed by atoms with Gasteiger partial charge in [0.25, 0.3) is 0 Å². The third-order valence-electron chi connectivity index (χ3n) is 11.2. The van der Waals surface area contributed by atoms with Crippen LogP contribution in [-0.4, -0.2) is 19.7 Å². The van der Waals surface area contributed by atoms with Gasteiger partial charge in [-0.2, -0.15) is 0 Å². The molecule has 2 saturated carbocycles. The van der Waals surface area contributed by atoms with Gasteiger partial charge in [-0.3, -0.25) is 4.79 Å². The summed E-state index contributed by atoms with van der Waals surface area (Å²) < 4.78 is 4.67. The summed E-state index contributed by atoms with van der Waals surface area (Å²) in [6.45, 7) is 4.31. The standard InChI is InChI=1S/C35H29N3O3/c1-34-27(20-12-6-3-7-13-20)28(21-14-8-4-9-15-21)35(2,31(34)39)30-26-24-19-18-23(25(26)29(30)34)37-32(40)36(33(41)38(24)37)22-16-10-5-11-17-22/h3-19,23-26,29-30H,1-2H3. The molecule has 4 aliphatic carbocycles. The molecule has 41 heavy (non-hydrogen) atoms. The minimum Gasteiger partial charge on any atom is -0.298 e. The number of benzene rings is 3. The summed E-state index contributed by atoms with van der Waals surface area (Å²) in [6.07, 6.45) is 4.23. The van der Waals surface area contributed by atoms with E-state index in [-0.39, 0.29) is 52.9 Å². The Bertz CT molecular complexity index is 1850. The number of hydrogen-bond donors (Lipinski definition) is 0. The van der Waals surface area contributed by atoms with Crippen LogP contribution in [0.5, 0.6) is 0 Å². The van der Waals surface area contributed by atoms with E-state index in [4.69, 9.17) is 0 Å². The van der Waals surface area contributed by atoms with Gasteiger partial charge < -0.3 is 0 Å². The molecule has 4 aromatic rings. The average molecular weight is 540 g/mol. The molecule has 0 N–H and O–H groups in total. The van der Waals surface area contributed by atoms with Crippen molar-refractivity contribution in [3.05, 3.63) is 135 Å². The Labute approximate surface area is 236 Å². The van der Waals surface area contributed by atoms with Crippen LogP contribution < -0.4 is 11.4 Å². The lowest BCUT2D eigenvalue weighted by Crippen LogP contribution is -2.65. The minimum atomic E-state index is -0.685. The number of allylic oxidation sites excluding steroid dienone is 4. The molecular formula is C35H29N3O3. The predicted molar refractivity (Wildman–Crippen MR) is 156 cm³/mol. The van der Waals surface area contributed by atoms with Crippen molar-refractivity contribution in [1.82, 2.24) is 13.9 Å². The number of Topliss-reactive ketones (excluding diaryl/α,β-unsaturated/α-hetero) is 1. The van der Waals surface area contributed by atoms with E-state index < -0.39 is 10.8 Å². The number of rotatable bonds is 3. The number of carbonyl (C=O) groups excluding carboxylic acids is 1. The SMILES string of the molecule is CC12C(=O)C(C)(C(c3ccccc3)=C1c1ccccc1)C1C3C(C4C=CC3n3c(=O)n(-c5ccccc5)c(=O)n34)C12. The van der Waals surface area contributed by atoms with E-state index in [2.05, 4.69) is 50.3 Å². The molecule has 3 heterocycles. The number of ketones is 1. The number of para-hydroxylation sites is 1. The van der Waals surface area contributed by atoms with Crippen molar-refractivity contribution < 1.29 is 4.79 Å². The minimum absolute atomic E-state index is 0.0842.